The summed E-state index contributed by atoms with van der Waals surface area (Å²) in [4.78, 5) is 37.5. The van der Waals surface area contributed by atoms with Crippen molar-refractivity contribution >= 4 is 18.0 Å². The highest BCUT2D eigenvalue weighted by atomic mass is 16.6. The minimum absolute atomic E-state index is 0.00698. The Bertz CT molecular complexity index is 1070. The number of nitrogens with one attached hydrogen (secondary N) is 2. The normalized spacial score (nSPS) is 20.0. The van der Waals surface area contributed by atoms with Gasteiger partial charge in [0.1, 0.15) is 12.1 Å². The van der Waals surface area contributed by atoms with Gasteiger partial charge in [0.05, 0.1) is 13.0 Å². The van der Waals surface area contributed by atoms with Crippen LogP contribution in [0.2, 0.25) is 0 Å². The number of carbonyl (C=O) groups is 3. The number of carboxylic acid groups (broad SMARTS) is 1. The summed E-state index contributed by atoms with van der Waals surface area (Å²) in [5.41, 5.74) is 2.65. The van der Waals surface area contributed by atoms with Crippen LogP contribution in [0, 0.1) is 5.41 Å². The number of benzene rings is 2. The molecule has 0 aromatic heterocycles. The summed E-state index contributed by atoms with van der Waals surface area (Å²) in [6, 6.07) is 15.5. The molecular formula is C27H32N2O6. The van der Waals surface area contributed by atoms with Crippen molar-refractivity contribution in [3.05, 3.63) is 59.7 Å². The molecular weight excluding hydrogens is 448 g/mol. The van der Waals surface area contributed by atoms with E-state index in [0.717, 1.165) is 22.3 Å². The third-order valence-corrected chi connectivity index (χ3v) is 6.87. The Morgan fingerprint density at radius 3 is 2.20 bits per heavy atom. The first-order valence-electron chi connectivity index (χ1n) is 11.8. The Labute approximate surface area is 205 Å². The number of fused-ring (bicyclic) bond motifs is 3. The molecule has 2 aromatic rings. The zero-order valence-electron chi connectivity index (χ0n) is 20.3. The summed E-state index contributed by atoms with van der Waals surface area (Å²) in [5.74, 6) is -1.57. The third-order valence-electron chi connectivity index (χ3n) is 6.87. The molecule has 35 heavy (non-hydrogen) atoms. The maximum absolute atomic E-state index is 13.3. The lowest BCUT2D eigenvalue weighted by Gasteiger charge is -2.34. The molecule has 8 heteroatoms. The molecule has 0 spiro atoms. The fourth-order valence-electron chi connectivity index (χ4n) is 4.77. The third kappa shape index (κ3) is 5.17. The van der Waals surface area contributed by atoms with Gasteiger partial charge in [-0.15, -0.1) is 0 Å². The number of hydrogen-bond donors (Lipinski definition) is 3. The van der Waals surface area contributed by atoms with Crippen LogP contribution in [-0.2, 0) is 19.1 Å². The van der Waals surface area contributed by atoms with E-state index in [1.165, 1.54) is 0 Å². The zero-order valence-corrected chi connectivity index (χ0v) is 20.3. The standard InChI is InChI=1S/C27H32N2O6/c1-26(2,3)22(14-23(30)31)28-24(32)27(12-13-34-16-27)29-25(33)35-15-21-19-10-6-4-8-17(19)18-9-5-7-11-20(18)21/h4-11,21-22H,12-16H2,1-3H3,(H,28,32)(H,29,33)(H,30,31). The number of rotatable bonds is 7. The van der Waals surface area contributed by atoms with E-state index in [9.17, 15) is 19.5 Å². The second-order valence-electron chi connectivity index (χ2n) is 10.3. The van der Waals surface area contributed by atoms with E-state index in [4.69, 9.17) is 9.47 Å². The Kier molecular flexibility index (Phi) is 6.85. The molecule has 0 radical (unpaired) electrons. The van der Waals surface area contributed by atoms with Crippen LogP contribution in [0.25, 0.3) is 11.1 Å². The lowest BCUT2D eigenvalue weighted by atomic mass is 9.84. The highest BCUT2D eigenvalue weighted by Gasteiger charge is 2.46. The van der Waals surface area contributed by atoms with Crippen LogP contribution < -0.4 is 10.6 Å². The summed E-state index contributed by atoms with van der Waals surface area (Å²) < 4.78 is 11.1. The average molecular weight is 481 g/mol. The van der Waals surface area contributed by atoms with Crippen LogP contribution in [-0.4, -0.2) is 54.5 Å². The SMILES string of the molecule is CC(C)(C)C(CC(=O)O)NC(=O)C1(NC(=O)OCC2c3ccccc3-c3ccccc32)CCOC1. The molecule has 1 heterocycles. The Morgan fingerprint density at radius 2 is 1.69 bits per heavy atom. The summed E-state index contributed by atoms with van der Waals surface area (Å²) in [5, 5.41) is 14.8. The lowest BCUT2D eigenvalue weighted by molar-refractivity contribution is -0.139. The van der Waals surface area contributed by atoms with Gasteiger partial charge in [0.25, 0.3) is 0 Å². The van der Waals surface area contributed by atoms with E-state index in [0.29, 0.717) is 6.61 Å². The molecule has 0 saturated carbocycles. The van der Waals surface area contributed by atoms with Gasteiger partial charge in [-0.05, 0) is 27.7 Å². The molecule has 2 atom stereocenters. The Morgan fingerprint density at radius 1 is 1.09 bits per heavy atom. The Hall–Kier alpha value is -3.39. The van der Waals surface area contributed by atoms with Crippen molar-refractivity contribution in [3.63, 3.8) is 0 Å². The fraction of sp³-hybridized carbons (Fsp3) is 0.444. The maximum Gasteiger partial charge on any atom is 0.408 e. The summed E-state index contributed by atoms with van der Waals surface area (Å²) in [6.45, 7) is 6.00. The smallest absolute Gasteiger partial charge is 0.408 e. The molecule has 1 aliphatic heterocycles. The van der Waals surface area contributed by atoms with Gasteiger partial charge in [-0.3, -0.25) is 9.59 Å². The molecule has 2 aromatic carbocycles. The van der Waals surface area contributed by atoms with Crippen molar-refractivity contribution in [2.45, 2.75) is 51.1 Å². The van der Waals surface area contributed by atoms with Gasteiger partial charge in [-0.2, -0.15) is 0 Å². The number of carbonyl (C=O) groups excluding carboxylic acids is 2. The first-order chi connectivity index (χ1) is 16.6. The predicted molar refractivity (Wildman–Crippen MR) is 130 cm³/mol. The molecule has 8 nitrogen and oxygen atoms in total. The first-order valence-corrected chi connectivity index (χ1v) is 11.8. The molecule has 186 valence electrons. The van der Waals surface area contributed by atoms with Crippen molar-refractivity contribution in [2.24, 2.45) is 5.41 Å². The molecule has 4 rings (SSSR count). The number of carboxylic acids is 1. The van der Waals surface area contributed by atoms with Gasteiger partial charge >= 0.3 is 12.1 Å². The van der Waals surface area contributed by atoms with Crippen LogP contribution in [0.5, 0.6) is 0 Å². The van der Waals surface area contributed by atoms with Crippen LogP contribution in [0.3, 0.4) is 0 Å². The fourth-order valence-corrected chi connectivity index (χ4v) is 4.77. The van der Waals surface area contributed by atoms with E-state index in [1.807, 2.05) is 57.2 Å². The molecule has 1 aliphatic carbocycles. The number of ether oxygens (including phenoxy) is 2. The average Bonchev–Trinajstić information content (AvgIpc) is 3.40. The van der Waals surface area contributed by atoms with E-state index < -0.39 is 35.0 Å². The van der Waals surface area contributed by atoms with Crippen molar-refractivity contribution in [1.82, 2.24) is 10.6 Å². The van der Waals surface area contributed by atoms with Gasteiger partial charge in [-0.1, -0.05) is 69.3 Å². The van der Waals surface area contributed by atoms with Crippen molar-refractivity contribution in [2.75, 3.05) is 19.8 Å². The van der Waals surface area contributed by atoms with Crippen molar-refractivity contribution in [1.29, 1.82) is 0 Å². The van der Waals surface area contributed by atoms with E-state index in [-0.39, 0.29) is 32.0 Å². The Balaban J connectivity index is 1.45. The van der Waals surface area contributed by atoms with Crippen molar-refractivity contribution < 1.29 is 29.0 Å². The molecule has 3 N–H and O–H groups in total. The van der Waals surface area contributed by atoms with Gasteiger partial charge in [0.15, 0.2) is 0 Å². The molecule has 0 bridgehead atoms. The minimum Gasteiger partial charge on any atom is -0.481 e. The highest BCUT2D eigenvalue weighted by Crippen LogP contribution is 2.44. The number of amides is 2. The molecule has 1 fully saturated rings. The second-order valence-corrected chi connectivity index (χ2v) is 10.3. The van der Waals surface area contributed by atoms with Gasteiger partial charge < -0.3 is 25.2 Å². The predicted octanol–water partition coefficient (Wildman–Crippen LogP) is 3.69. The van der Waals surface area contributed by atoms with Crippen LogP contribution in [0.15, 0.2) is 48.5 Å². The zero-order chi connectivity index (χ0) is 25.2. The lowest BCUT2D eigenvalue weighted by Crippen LogP contribution is -2.62. The highest BCUT2D eigenvalue weighted by molar-refractivity contribution is 5.91. The quantitative estimate of drug-likeness (QED) is 0.557. The van der Waals surface area contributed by atoms with E-state index in [1.54, 1.807) is 0 Å². The van der Waals surface area contributed by atoms with Crippen molar-refractivity contribution in [3.8, 4) is 11.1 Å². The molecule has 2 unspecified atom stereocenters. The molecule has 2 aliphatic rings. The van der Waals surface area contributed by atoms with Crippen LogP contribution >= 0.6 is 0 Å². The number of hydrogen-bond acceptors (Lipinski definition) is 5. The molecule has 1 saturated heterocycles. The summed E-state index contributed by atoms with van der Waals surface area (Å²) in [7, 11) is 0. The topological polar surface area (TPSA) is 114 Å². The maximum atomic E-state index is 13.3. The first kappa shape index (κ1) is 24.7. The van der Waals surface area contributed by atoms with Crippen LogP contribution in [0.4, 0.5) is 4.79 Å². The van der Waals surface area contributed by atoms with E-state index in [2.05, 4.69) is 22.8 Å². The van der Waals surface area contributed by atoms with Gasteiger partial charge in [0, 0.05) is 25.0 Å². The van der Waals surface area contributed by atoms with E-state index >= 15 is 0 Å². The largest absolute Gasteiger partial charge is 0.481 e. The second kappa shape index (κ2) is 9.70. The van der Waals surface area contributed by atoms with Crippen LogP contribution in [0.1, 0.15) is 50.7 Å². The number of aliphatic carboxylic acids is 1. The summed E-state index contributed by atoms with van der Waals surface area (Å²) in [6.07, 6.45) is -0.664. The van der Waals surface area contributed by atoms with Gasteiger partial charge in [-0.25, -0.2) is 4.79 Å². The van der Waals surface area contributed by atoms with Gasteiger partial charge in [0.2, 0.25) is 5.91 Å². The summed E-state index contributed by atoms with van der Waals surface area (Å²) >= 11 is 0. The molecule has 2 amide bonds. The minimum atomic E-state index is -1.31. The number of alkyl carbamates (subject to hydrolysis) is 1. The monoisotopic (exact) mass is 480 g/mol.